The Morgan fingerprint density at radius 2 is 1.69 bits per heavy atom. The number of H-pyrrole nitrogens is 2. The second-order valence-electron chi connectivity index (χ2n) is 7.90. The van der Waals surface area contributed by atoms with Gasteiger partial charge < -0.3 is 4.74 Å². The summed E-state index contributed by atoms with van der Waals surface area (Å²) in [6, 6.07) is 16.6. The maximum atomic E-state index is 13.0. The van der Waals surface area contributed by atoms with Crippen molar-refractivity contribution in [1.29, 1.82) is 0 Å². The molecule has 1 saturated carbocycles. The number of hydrogen-bond donors (Lipinski definition) is 2. The number of thioether (sulfide) groups is 1. The highest BCUT2D eigenvalue weighted by Gasteiger charge is 2.25. The van der Waals surface area contributed by atoms with E-state index >= 15 is 0 Å². The van der Waals surface area contributed by atoms with Crippen molar-refractivity contribution in [3.8, 4) is 0 Å². The van der Waals surface area contributed by atoms with E-state index in [2.05, 4.69) is 15.2 Å². The molecule has 9 heteroatoms. The van der Waals surface area contributed by atoms with E-state index in [9.17, 15) is 9.59 Å². The number of aromatic amines is 2. The lowest BCUT2D eigenvalue weighted by Gasteiger charge is -2.29. The molecule has 1 aliphatic rings. The molecule has 168 valence electrons. The monoisotopic (exact) mass is 472 g/mol. The topological polar surface area (TPSA) is 91.1 Å². The van der Waals surface area contributed by atoms with Gasteiger partial charge >= 0.3 is 11.8 Å². The van der Waals surface area contributed by atoms with E-state index < -0.39 is 6.09 Å². The second kappa shape index (κ2) is 10.7. The summed E-state index contributed by atoms with van der Waals surface area (Å²) in [7, 11) is 0. The summed E-state index contributed by atoms with van der Waals surface area (Å²) in [6.07, 6.45) is 3.79. The van der Waals surface area contributed by atoms with Crippen LogP contribution in [0.25, 0.3) is 0 Å². The van der Waals surface area contributed by atoms with E-state index in [4.69, 9.17) is 16.3 Å². The van der Waals surface area contributed by atoms with Crippen molar-refractivity contribution in [2.75, 3.05) is 17.3 Å². The van der Waals surface area contributed by atoms with Gasteiger partial charge in [-0.1, -0.05) is 41.6 Å². The molecule has 0 aliphatic heterocycles. The number of halogens is 1. The van der Waals surface area contributed by atoms with Crippen LogP contribution in [0.5, 0.6) is 0 Å². The van der Waals surface area contributed by atoms with E-state index in [0.717, 1.165) is 37.1 Å². The Kier molecular flexibility index (Phi) is 7.55. The fourth-order valence-electron chi connectivity index (χ4n) is 3.87. The van der Waals surface area contributed by atoms with E-state index in [1.54, 1.807) is 28.8 Å². The van der Waals surface area contributed by atoms with Gasteiger partial charge in [0.05, 0.1) is 18.0 Å². The van der Waals surface area contributed by atoms with Crippen LogP contribution in [-0.4, -0.2) is 33.6 Å². The molecule has 1 aliphatic carbocycles. The lowest BCUT2D eigenvalue weighted by atomic mass is 9.83. The van der Waals surface area contributed by atoms with Crippen molar-refractivity contribution in [1.82, 2.24) is 15.2 Å². The van der Waals surface area contributed by atoms with Crippen LogP contribution in [0.4, 0.5) is 16.2 Å². The number of benzene rings is 2. The third-order valence-electron chi connectivity index (χ3n) is 5.63. The van der Waals surface area contributed by atoms with Crippen molar-refractivity contribution < 1.29 is 9.53 Å². The van der Waals surface area contributed by atoms with Gasteiger partial charge in [-0.25, -0.2) is 19.6 Å². The average Bonchev–Trinajstić information content (AvgIpc) is 3.24. The molecule has 3 aromatic rings. The molecule has 0 spiro atoms. The molecule has 1 fully saturated rings. The molecule has 0 bridgehead atoms. The number of nitrogens with one attached hydrogen (secondary N) is 2. The predicted octanol–water partition coefficient (Wildman–Crippen LogP) is 5.62. The molecule has 0 atom stereocenters. The van der Waals surface area contributed by atoms with Gasteiger partial charge in [0.15, 0.2) is 5.16 Å². The molecule has 2 aromatic carbocycles. The summed E-state index contributed by atoms with van der Waals surface area (Å²) in [5.41, 5.74) is 1.18. The van der Waals surface area contributed by atoms with Crippen molar-refractivity contribution in [2.45, 2.75) is 30.8 Å². The molecule has 1 heterocycles. The van der Waals surface area contributed by atoms with Crippen LogP contribution in [0.15, 0.2) is 64.5 Å². The Morgan fingerprint density at radius 1 is 1.03 bits per heavy atom. The maximum absolute atomic E-state index is 13.0. The minimum atomic E-state index is -0.390. The van der Waals surface area contributed by atoms with E-state index in [-0.39, 0.29) is 5.69 Å². The zero-order chi connectivity index (χ0) is 22.3. The van der Waals surface area contributed by atoms with Crippen LogP contribution in [0.1, 0.15) is 25.7 Å². The summed E-state index contributed by atoms with van der Waals surface area (Å²) in [5.74, 6) is 1.85. The van der Waals surface area contributed by atoms with Gasteiger partial charge in [0.25, 0.3) is 0 Å². The van der Waals surface area contributed by atoms with Gasteiger partial charge in [-0.15, -0.1) is 5.10 Å². The standard InChI is InChI=1S/C23H25ClN4O3S/c24-18-10-12-20(13-11-18)28(19-4-2-1-3-5-19)23(30)31-14-16-6-8-17(9-7-16)15-32-22-25-21(29)26-27-22/h1-5,10-13,16-17H,6-9,14-15H2,(H2,25,26,27,29). The number of para-hydroxylation sites is 1. The zero-order valence-corrected chi connectivity index (χ0v) is 19.1. The largest absolute Gasteiger partial charge is 0.449 e. The Balaban J connectivity index is 1.30. The molecular weight excluding hydrogens is 448 g/mol. The highest BCUT2D eigenvalue weighted by Crippen LogP contribution is 2.33. The minimum absolute atomic E-state index is 0.277. The molecule has 1 aromatic heterocycles. The van der Waals surface area contributed by atoms with Crippen molar-refractivity contribution in [3.05, 3.63) is 70.1 Å². The molecule has 1 amide bonds. The highest BCUT2D eigenvalue weighted by molar-refractivity contribution is 7.99. The Hall–Kier alpha value is -2.71. The Morgan fingerprint density at radius 3 is 2.34 bits per heavy atom. The van der Waals surface area contributed by atoms with E-state index in [0.29, 0.717) is 34.3 Å². The summed E-state index contributed by atoms with van der Waals surface area (Å²) < 4.78 is 5.74. The number of carbonyl (C=O) groups excluding carboxylic acids is 1. The Bertz CT molecular complexity index is 1060. The first-order chi connectivity index (χ1) is 15.6. The van der Waals surface area contributed by atoms with Crippen LogP contribution in [0, 0.1) is 11.8 Å². The number of carbonyl (C=O) groups is 1. The Labute approximate surface area is 195 Å². The smallest absolute Gasteiger partial charge is 0.418 e. The molecule has 2 N–H and O–H groups in total. The number of nitrogens with zero attached hydrogens (tertiary/aromatic N) is 2. The van der Waals surface area contributed by atoms with Crippen LogP contribution in [0.2, 0.25) is 5.02 Å². The zero-order valence-electron chi connectivity index (χ0n) is 17.5. The van der Waals surface area contributed by atoms with Crippen molar-refractivity contribution >= 4 is 40.8 Å². The van der Waals surface area contributed by atoms with Gasteiger partial charge in [0.2, 0.25) is 0 Å². The average molecular weight is 473 g/mol. The molecule has 0 radical (unpaired) electrons. The molecule has 4 rings (SSSR count). The minimum Gasteiger partial charge on any atom is -0.449 e. The maximum Gasteiger partial charge on any atom is 0.418 e. The molecule has 7 nitrogen and oxygen atoms in total. The fourth-order valence-corrected chi connectivity index (χ4v) is 4.99. The quantitative estimate of drug-likeness (QED) is 0.435. The molecule has 0 unspecified atom stereocenters. The van der Waals surface area contributed by atoms with Crippen LogP contribution in [-0.2, 0) is 4.74 Å². The van der Waals surface area contributed by atoms with Gasteiger partial charge in [-0.3, -0.25) is 4.98 Å². The van der Waals surface area contributed by atoms with Gasteiger partial charge in [-0.05, 0) is 73.9 Å². The number of aromatic nitrogens is 3. The summed E-state index contributed by atoms with van der Waals surface area (Å²) in [4.78, 5) is 28.4. The van der Waals surface area contributed by atoms with Crippen LogP contribution in [0.3, 0.4) is 0 Å². The summed E-state index contributed by atoms with van der Waals surface area (Å²) >= 11 is 7.59. The molecular formula is C23H25ClN4O3S. The SMILES string of the molecule is O=C(OCC1CCC(CSc2n[nH]c(=O)[nH]2)CC1)N(c1ccccc1)c1ccc(Cl)cc1. The van der Waals surface area contributed by atoms with Crippen LogP contribution < -0.4 is 10.6 Å². The normalized spacial score (nSPS) is 18.3. The van der Waals surface area contributed by atoms with E-state index in [1.807, 2.05) is 42.5 Å². The lowest BCUT2D eigenvalue weighted by molar-refractivity contribution is 0.118. The number of anilines is 2. The van der Waals surface area contributed by atoms with Crippen molar-refractivity contribution in [3.63, 3.8) is 0 Å². The molecule has 32 heavy (non-hydrogen) atoms. The van der Waals surface area contributed by atoms with Gasteiger partial charge in [0, 0.05) is 10.8 Å². The fraction of sp³-hybridized carbons (Fsp3) is 0.348. The highest BCUT2D eigenvalue weighted by atomic mass is 35.5. The number of rotatable bonds is 7. The summed E-state index contributed by atoms with van der Waals surface area (Å²) in [5, 5.41) is 7.57. The predicted molar refractivity (Wildman–Crippen MR) is 127 cm³/mol. The van der Waals surface area contributed by atoms with Gasteiger partial charge in [-0.2, -0.15) is 0 Å². The first kappa shape index (κ1) is 22.5. The molecule has 0 saturated heterocycles. The first-order valence-electron chi connectivity index (χ1n) is 10.6. The second-order valence-corrected chi connectivity index (χ2v) is 9.35. The number of hydrogen-bond acceptors (Lipinski definition) is 5. The lowest BCUT2D eigenvalue weighted by Crippen LogP contribution is -2.29. The number of amides is 1. The third-order valence-corrected chi connectivity index (χ3v) is 6.98. The number of ether oxygens (including phenoxy) is 1. The van der Waals surface area contributed by atoms with Crippen molar-refractivity contribution in [2.24, 2.45) is 11.8 Å². The van der Waals surface area contributed by atoms with Crippen LogP contribution >= 0.6 is 23.4 Å². The first-order valence-corrected chi connectivity index (χ1v) is 12.0. The third kappa shape index (κ3) is 5.95. The van der Waals surface area contributed by atoms with E-state index in [1.165, 1.54) is 0 Å². The summed E-state index contributed by atoms with van der Waals surface area (Å²) in [6.45, 7) is 0.405. The van der Waals surface area contributed by atoms with Gasteiger partial charge in [0.1, 0.15) is 0 Å².